The highest BCUT2D eigenvalue weighted by Gasteiger charge is 2.18. The molecule has 1 fully saturated rings. The second-order valence-corrected chi connectivity index (χ2v) is 6.40. The van der Waals surface area contributed by atoms with Gasteiger partial charge < -0.3 is 10.1 Å². The van der Waals surface area contributed by atoms with Crippen LogP contribution in [0.5, 0.6) is 0 Å². The SMILES string of the molecule is CCn1nc(C)c(C(=O)Nc2cccc(CN3CCOCC3)c2)c1C. The first kappa shape index (κ1) is 17.6. The third kappa shape index (κ3) is 4.08. The number of ether oxygens (including phenoxy) is 1. The summed E-state index contributed by atoms with van der Waals surface area (Å²) in [6, 6.07) is 8.05. The molecule has 25 heavy (non-hydrogen) atoms. The van der Waals surface area contributed by atoms with E-state index in [0.717, 1.165) is 56.5 Å². The number of nitrogens with zero attached hydrogens (tertiary/aromatic N) is 3. The molecule has 6 nitrogen and oxygen atoms in total. The molecule has 134 valence electrons. The minimum atomic E-state index is -0.0989. The summed E-state index contributed by atoms with van der Waals surface area (Å²) in [6.07, 6.45) is 0. The van der Waals surface area contributed by atoms with Gasteiger partial charge in [0.15, 0.2) is 0 Å². The summed E-state index contributed by atoms with van der Waals surface area (Å²) in [4.78, 5) is 15.1. The predicted octanol–water partition coefficient (Wildman–Crippen LogP) is 2.60. The first-order valence-electron chi connectivity index (χ1n) is 8.83. The van der Waals surface area contributed by atoms with Gasteiger partial charge in [-0.3, -0.25) is 14.4 Å². The molecule has 1 aliphatic rings. The van der Waals surface area contributed by atoms with Crippen LogP contribution in [-0.4, -0.2) is 46.9 Å². The third-order valence-electron chi connectivity index (χ3n) is 4.60. The van der Waals surface area contributed by atoms with Crippen molar-refractivity contribution in [2.45, 2.75) is 33.9 Å². The van der Waals surface area contributed by atoms with Crippen LogP contribution < -0.4 is 5.32 Å². The number of anilines is 1. The van der Waals surface area contributed by atoms with Crippen molar-refractivity contribution < 1.29 is 9.53 Å². The lowest BCUT2D eigenvalue weighted by Gasteiger charge is -2.26. The Balaban J connectivity index is 1.71. The van der Waals surface area contributed by atoms with Crippen molar-refractivity contribution >= 4 is 11.6 Å². The van der Waals surface area contributed by atoms with E-state index in [2.05, 4.69) is 21.4 Å². The monoisotopic (exact) mass is 342 g/mol. The van der Waals surface area contributed by atoms with Gasteiger partial charge in [0.1, 0.15) is 0 Å². The number of carbonyl (C=O) groups is 1. The van der Waals surface area contributed by atoms with Crippen molar-refractivity contribution in [3.05, 3.63) is 46.8 Å². The van der Waals surface area contributed by atoms with E-state index in [-0.39, 0.29) is 5.91 Å². The Morgan fingerprint density at radius 3 is 2.72 bits per heavy atom. The number of rotatable bonds is 5. The molecule has 0 saturated carbocycles. The lowest BCUT2D eigenvalue weighted by Crippen LogP contribution is -2.35. The number of benzene rings is 1. The third-order valence-corrected chi connectivity index (χ3v) is 4.60. The number of morpholine rings is 1. The Kier molecular flexibility index (Phi) is 5.50. The van der Waals surface area contributed by atoms with Crippen LogP contribution in [0.2, 0.25) is 0 Å². The standard InChI is InChI=1S/C19H26N4O2/c1-4-23-15(3)18(14(2)21-23)19(24)20-17-7-5-6-16(12-17)13-22-8-10-25-11-9-22/h5-7,12H,4,8-11,13H2,1-3H3,(H,20,24). The van der Waals surface area contributed by atoms with E-state index in [1.807, 2.05) is 43.7 Å². The van der Waals surface area contributed by atoms with Gasteiger partial charge in [0.2, 0.25) is 0 Å². The highest BCUT2D eigenvalue weighted by molar-refractivity contribution is 6.05. The number of nitrogens with one attached hydrogen (secondary N) is 1. The van der Waals surface area contributed by atoms with E-state index in [1.54, 1.807) is 0 Å². The van der Waals surface area contributed by atoms with Crippen LogP contribution in [0.3, 0.4) is 0 Å². The fourth-order valence-electron chi connectivity index (χ4n) is 3.29. The topological polar surface area (TPSA) is 59.4 Å². The van der Waals surface area contributed by atoms with Crippen molar-refractivity contribution in [2.24, 2.45) is 0 Å². The number of hydrogen-bond donors (Lipinski definition) is 1. The first-order valence-corrected chi connectivity index (χ1v) is 8.83. The zero-order valence-electron chi connectivity index (χ0n) is 15.2. The molecule has 1 N–H and O–H groups in total. The Labute approximate surface area is 148 Å². The van der Waals surface area contributed by atoms with Gasteiger partial charge in [0, 0.05) is 37.6 Å². The molecule has 0 spiro atoms. The second kappa shape index (κ2) is 7.80. The summed E-state index contributed by atoms with van der Waals surface area (Å²) in [5.74, 6) is -0.0989. The molecular weight excluding hydrogens is 316 g/mol. The van der Waals surface area contributed by atoms with Crippen molar-refractivity contribution in [1.82, 2.24) is 14.7 Å². The van der Waals surface area contributed by atoms with Gasteiger partial charge in [-0.1, -0.05) is 12.1 Å². The molecule has 0 bridgehead atoms. The largest absolute Gasteiger partial charge is 0.379 e. The van der Waals surface area contributed by atoms with Crippen molar-refractivity contribution in [3.63, 3.8) is 0 Å². The van der Waals surface area contributed by atoms with Crippen LogP contribution in [0.25, 0.3) is 0 Å². The molecule has 0 aliphatic carbocycles. The lowest BCUT2D eigenvalue weighted by atomic mass is 10.1. The van der Waals surface area contributed by atoms with Gasteiger partial charge >= 0.3 is 0 Å². The Morgan fingerprint density at radius 1 is 1.28 bits per heavy atom. The fourth-order valence-corrected chi connectivity index (χ4v) is 3.29. The van der Waals surface area contributed by atoms with Crippen LogP contribution in [-0.2, 0) is 17.8 Å². The molecule has 1 aliphatic heterocycles. The maximum absolute atomic E-state index is 12.7. The quantitative estimate of drug-likeness (QED) is 0.907. The van der Waals surface area contributed by atoms with Gasteiger partial charge in [-0.05, 0) is 38.5 Å². The average molecular weight is 342 g/mol. The predicted molar refractivity (Wildman–Crippen MR) is 97.9 cm³/mol. The van der Waals surface area contributed by atoms with E-state index >= 15 is 0 Å². The van der Waals surface area contributed by atoms with E-state index in [9.17, 15) is 4.79 Å². The molecule has 0 radical (unpaired) electrons. The molecule has 6 heteroatoms. The maximum Gasteiger partial charge on any atom is 0.259 e. The molecule has 1 amide bonds. The van der Waals surface area contributed by atoms with Crippen LogP contribution in [0.1, 0.15) is 34.2 Å². The Hall–Kier alpha value is -2.18. The highest BCUT2D eigenvalue weighted by atomic mass is 16.5. The van der Waals surface area contributed by atoms with Crippen LogP contribution in [0, 0.1) is 13.8 Å². The Morgan fingerprint density at radius 2 is 2.04 bits per heavy atom. The van der Waals surface area contributed by atoms with Gasteiger partial charge in [-0.25, -0.2) is 0 Å². The molecule has 1 aromatic heterocycles. The van der Waals surface area contributed by atoms with Gasteiger partial charge in [-0.2, -0.15) is 5.10 Å². The number of amides is 1. The van der Waals surface area contributed by atoms with E-state index in [0.29, 0.717) is 5.56 Å². The molecule has 2 aromatic rings. The zero-order valence-corrected chi connectivity index (χ0v) is 15.2. The van der Waals surface area contributed by atoms with Gasteiger partial charge in [0.05, 0.1) is 24.5 Å². The van der Waals surface area contributed by atoms with Gasteiger partial charge in [-0.15, -0.1) is 0 Å². The van der Waals surface area contributed by atoms with Crippen molar-refractivity contribution in [1.29, 1.82) is 0 Å². The summed E-state index contributed by atoms with van der Waals surface area (Å²) >= 11 is 0. The molecule has 0 unspecified atom stereocenters. The summed E-state index contributed by atoms with van der Waals surface area (Å²) in [7, 11) is 0. The summed E-state index contributed by atoms with van der Waals surface area (Å²) in [6.45, 7) is 10.9. The first-order chi connectivity index (χ1) is 12.1. The Bertz CT molecular complexity index is 748. The molecule has 1 saturated heterocycles. The molecular formula is C19H26N4O2. The van der Waals surface area contributed by atoms with E-state index < -0.39 is 0 Å². The zero-order chi connectivity index (χ0) is 17.8. The smallest absolute Gasteiger partial charge is 0.259 e. The van der Waals surface area contributed by atoms with Crippen molar-refractivity contribution in [2.75, 3.05) is 31.6 Å². The maximum atomic E-state index is 12.7. The van der Waals surface area contributed by atoms with Crippen LogP contribution in [0.15, 0.2) is 24.3 Å². The highest BCUT2D eigenvalue weighted by Crippen LogP contribution is 2.18. The summed E-state index contributed by atoms with van der Waals surface area (Å²) in [5, 5.41) is 7.44. The summed E-state index contributed by atoms with van der Waals surface area (Å²) < 4.78 is 7.25. The number of carbonyl (C=O) groups excluding carboxylic acids is 1. The molecule has 3 rings (SSSR count). The molecule has 2 heterocycles. The number of hydrogen-bond acceptors (Lipinski definition) is 4. The fraction of sp³-hybridized carbons (Fsp3) is 0.474. The second-order valence-electron chi connectivity index (χ2n) is 6.40. The lowest BCUT2D eigenvalue weighted by molar-refractivity contribution is 0.0342. The normalized spacial score (nSPS) is 15.3. The number of aryl methyl sites for hydroxylation is 2. The van der Waals surface area contributed by atoms with Crippen molar-refractivity contribution in [3.8, 4) is 0 Å². The average Bonchev–Trinajstić information content (AvgIpc) is 2.90. The summed E-state index contributed by atoms with van der Waals surface area (Å²) in [5.41, 5.74) is 4.35. The molecule has 1 aromatic carbocycles. The molecule has 0 atom stereocenters. The number of aromatic nitrogens is 2. The minimum Gasteiger partial charge on any atom is -0.379 e. The van der Waals surface area contributed by atoms with E-state index in [1.165, 1.54) is 5.56 Å². The van der Waals surface area contributed by atoms with E-state index in [4.69, 9.17) is 4.74 Å². The minimum absolute atomic E-state index is 0.0989. The van der Waals surface area contributed by atoms with Crippen LogP contribution in [0.4, 0.5) is 5.69 Å². The van der Waals surface area contributed by atoms with Gasteiger partial charge in [0.25, 0.3) is 5.91 Å². The van der Waals surface area contributed by atoms with Crippen LogP contribution >= 0.6 is 0 Å².